The molecule has 0 fully saturated rings. The zero-order chi connectivity index (χ0) is 33.0. The third-order valence-corrected chi connectivity index (χ3v) is 9.21. The molecule has 3 heterocycles. The van der Waals surface area contributed by atoms with Gasteiger partial charge in [-0.1, -0.05) is 133 Å². The molecule has 0 aliphatic rings. The minimum absolute atomic E-state index is 0.560. The van der Waals surface area contributed by atoms with Crippen LogP contribution in [0.1, 0.15) is 0 Å². The van der Waals surface area contributed by atoms with E-state index in [2.05, 4.69) is 66.7 Å². The molecule has 10 rings (SSSR count). The Morgan fingerprint density at radius 2 is 0.860 bits per heavy atom. The number of para-hydroxylation sites is 1. The summed E-state index contributed by atoms with van der Waals surface area (Å²) in [7, 11) is 0. The Bertz CT molecular complexity index is 2800. The van der Waals surface area contributed by atoms with Gasteiger partial charge in [0.15, 0.2) is 34.2 Å². The fourth-order valence-corrected chi connectivity index (χ4v) is 6.77. The van der Waals surface area contributed by atoms with Gasteiger partial charge in [-0.25, -0.2) is 19.9 Å². The van der Waals surface area contributed by atoms with E-state index in [0.29, 0.717) is 28.9 Å². The van der Waals surface area contributed by atoms with Crippen LogP contribution in [-0.4, -0.2) is 19.9 Å². The molecule has 0 N–H and O–H groups in total. The Hall–Kier alpha value is -6.92. The van der Waals surface area contributed by atoms with E-state index in [1.54, 1.807) is 0 Å². The van der Waals surface area contributed by atoms with Crippen molar-refractivity contribution in [1.82, 2.24) is 19.9 Å². The van der Waals surface area contributed by atoms with Crippen molar-refractivity contribution in [2.45, 2.75) is 0 Å². The molecule has 10 aromatic rings. The van der Waals surface area contributed by atoms with Crippen LogP contribution in [0.5, 0.6) is 0 Å². The molecule has 0 atom stereocenters. The summed E-state index contributed by atoms with van der Waals surface area (Å²) >= 11 is 0. The molecule has 0 aliphatic heterocycles. The number of rotatable bonds is 5. The Morgan fingerprint density at radius 3 is 1.54 bits per heavy atom. The lowest BCUT2D eigenvalue weighted by atomic mass is 9.95. The van der Waals surface area contributed by atoms with Crippen LogP contribution in [0.4, 0.5) is 0 Å². The number of nitrogens with zero attached hydrogens (tertiary/aromatic N) is 4. The maximum Gasteiger partial charge on any atom is 0.228 e. The fourth-order valence-electron chi connectivity index (χ4n) is 6.77. The van der Waals surface area contributed by atoms with E-state index in [1.807, 2.05) is 91.0 Å². The summed E-state index contributed by atoms with van der Waals surface area (Å²) < 4.78 is 12.6. The topological polar surface area (TPSA) is 77.8 Å². The van der Waals surface area contributed by atoms with Crippen molar-refractivity contribution in [3.8, 4) is 56.7 Å². The van der Waals surface area contributed by atoms with Crippen LogP contribution >= 0.6 is 0 Å². The van der Waals surface area contributed by atoms with Crippen LogP contribution in [0.15, 0.2) is 167 Å². The van der Waals surface area contributed by atoms with E-state index >= 15 is 0 Å². The third-order valence-electron chi connectivity index (χ3n) is 9.21. The highest BCUT2D eigenvalue weighted by atomic mass is 16.4. The number of fused-ring (bicyclic) bond motifs is 6. The molecule has 50 heavy (non-hydrogen) atoms. The average Bonchev–Trinajstić information content (AvgIpc) is 3.80. The normalized spacial score (nSPS) is 11.6. The lowest BCUT2D eigenvalue weighted by Crippen LogP contribution is -2.00. The first kappa shape index (κ1) is 28.1. The zero-order valence-electron chi connectivity index (χ0n) is 26.6. The maximum absolute atomic E-state index is 6.37. The Morgan fingerprint density at radius 1 is 0.320 bits per heavy atom. The van der Waals surface area contributed by atoms with Crippen LogP contribution < -0.4 is 0 Å². The average molecular weight is 643 g/mol. The monoisotopic (exact) mass is 642 g/mol. The number of benzene rings is 7. The summed E-state index contributed by atoms with van der Waals surface area (Å²) in [5.41, 5.74) is 8.91. The summed E-state index contributed by atoms with van der Waals surface area (Å²) in [6, 6.07) is 53.2. The van der Waals surface area contributed by atoms with Crippen LogP contribution in [0.25, 0.3) is 101 Å². The first-order chi connectivity index (χ1) is 24.8. The van der Waals surface area contributed by atoms with Crippen molar-refractivity contribution in [1.29, 1.82) is 0 Å². The van der Waals surface area contributed by atoms with Gasteiger partial charge in [-0.2, -0.15) is 0 Å². The van der Waals surface area contributed by atoms with Gasteiger partial charge in [0.25, 0.3) is 0 Å². The quantitative estimate of drug-likeness (QED) is 0.186. The number of aromatic nitrogens is 4. The maximum atomic E-state index is 6.37. The molecule has 0 bridgehead atoms. The van der Waals surface area contributed by atoms with Gasteiger partial charge in [0.05, 0.1) is 0 Å². The Balaban J connectivity index is 1.05. The van der Waals surface area contributed by atoms with Gasteiger partial charge in [-0.05, 0) is 46.2 Å². The summed E-state index contributed by atoms with van der Waals surface area (Å²) in [4.78, 5) is 19.6. The molecule has 0 unspecified atom stereocenters. The van der Waals surface area contributed by atoms with E-state index < -0.39 is 0 Å². The second-order valence-corrected chi connectivity index (χ2v) is 12.2. The van der Waals surface area contributed by atoms with Crippen molar-refractivity contribution >= 4 is 43.8 Å². The smallest absolute Gasteiger partial charge is 0.228 e. The third kappa shape index (κ3) is 4.65. The molecule has 0 amide bonds. The summed E-state index contributed by atoms with van der Waals surface area (Å²) in [6.07, 6.45) is 0. The lowest BCUT2D eigenvalue weighted by molar-refractivity contribution is 0.620. The Labute approximate surface area is 286 Å². The van der Waals surface area contributed by atoms with Crippen LogP contribution in [-0.2, 0) is 0 Å². The largest absolute Gasteiger partial charge is 0.454 e. The second kappa shape index (κ2) is 11.4. The molecule has 234 valence electrons. The molecule has 0 aliphatic carbocycles. The predicted molar refractivity (Wildman–Crippen MR) is 199 cm³/mol. The van der Waals surface area contributed by atoms with Gasteiger partial charge in [-0.3, -0.25) is 0 Å². The van der Waals surface area contributed by atoms with Crippen LogP contribution in [0.3, 0.4) is 0 Å². The van der Waals surface area contributed by atoms with Crippen molar-refractivity contribution < 1.29 is 8.83 Å². The molecule has 6 heteroatoms. The van der Waals surface area contributed by atoms with Gasteiger partial charge >= 0.3 is 0 Å². The molecule has 3 aromatic heterocycles. The molecular formula is C44H26N4O2. The minimum atomic E-state index is 0.560. The van der Waals surface area contributed by atoms with Crippen LogP contribution in [0.2, 0.25) is 0 Å². The minimum Gasteiger partial charge on any atom is -0.454 e. The molecule has 0 spiro atoms. The standard InChI is InChI=1S/C44H26N4O2/c1-3-11-28(12-4-1)41-46-42(29-13-5-2-6-14-29)48-43(47-41)30-23-21-27(22-24-30)31-16-9-18-33-32(31)17-10-19-36(33)44-45-39-38(50-44)26-25-35-34-15-7-8-20-37(34)49-40(35)39/h1-26H. The summed E-state index contributed by atoms with van der Waals surface area (Å²) in [6.45, 7) is 0. The van der Waals surface area contributed by atoms with E-state index in [-0.39, 0.29) is 0 Å². The predicted octanol–water partition coefficient (Wildman–Crippen LogP) is 11.4. The summed E-state index contributed by atoms with van der Waals surface area (Å²) in [5, 5.41) is 4.26. The van der Waals surface area contributed by atoms with E-state index in [1.165, 1.54) is 0 Å². The molecular weight excluding hydrogens is 617 g/mol. The first-order valence-electron chi connectivity index (χ1n) is 16.5. The highest BCUT2D eigenvalue weighted by Gasteiger charge is 2.18. The second-order valence-electron chi connectivity index (χ2n) is 12.2. The molecule has 0 saturated carbocycles. The van der Waals surface area contributed by atoms with Crippen molar-refractivity contribution in [2.24, 2.45) is 0 Å². The molecule has 0 radical (unpaired) electrons. The van der Waals surface area contributed by atoms with Gasteiger partial charge in [-0.15, -0.1) is 0 Å². The van der Waals surface area contributed by atoms with E-state index in [4.69, 9.17) is 28.8 Å². The van der Waals surface area contributed by atoms with Gasteiger partial charge in [0.1, 0.15) is 5.58 Å². The molecule has 7 aromatic carbocycles. The number of furan rings is 1. The lowest BCUT2D eigenvalue weighted by Gasteiger charge is -2.11. The molecule has 0 saturated heterocycles. The Kier molecular flexibility index (Phi) is 6.39. The number of oxazole rings is 1. The van der Waals surface area contributed by atoms with E-state index in [9.17, 15) is 0 Å². The SMILES string of the molecule is c1ccc(-c2nc(-c3ccccc3)nc(-c3ccc(-c4cccc5c(-c6nc7c(ccc8c9ccccc9oc87)o6)cccc45)cc3)n2)cc1. The number of hydrogen-bond acceptors (Lipinski definition) is 6. The highest BCUT2D eigenvalue weighted by Crippen LogP contribution is 2.39. The molecule has 6 nitrogen and oxygen atoms in total. The van der Waals surface area contributed by atoms with E-state index in [0.717, 1.165) is 71.6 Å². The van der Waals surface area contributed by atoms with Gasteiger partial charge < -0.3 is 8.83 Å². The van der Waals surface area contributed by atoms with Gasteiger partial charge in [0, 0.05) is 33.0 Å². The van der Waals surface area contributed by atoms with Crippen LogP contribution in [0, 0.1) is 0 Å². The summed E-state index contributed by atoms with van der Waals surface area (Å²) in [5.74, 6) is 2.46. The van der Waals surface area contributed by atoms with Crippen molar-refractivity contribution in [3.63, 3.8) is 0 Å². The van der Waals surface area contributed by atoms with Gasteiger partial charge in [0.2, 0.25) is 5.89 Å². The first-order valence-corrected chi connectivity index (χ1v) is 16.5. The zero-order valence-corrected chi connectivity index (χ0v) is 26.6. The highest BCUT2D eigenvalue weighted by molar-refractivity contribution is 6.13. The van der Waals surface area contributed by atoms with Crippen molar-refractivity contribution in [2.75, 3.05) is 0 Å². The fraction of sp³-hybridized carbons (Fsp3) is 0. The van der Waals surface area contributed by atoms with Crippen molar-refractivity contribution in [3.05, 3.63) is 158 Å². The number of hydrogen-bond donors (Lipinski definition) is 0.